The number of carbonyl (C=O) groups is 2. The van der Waals surface area contributed by atoms with Crippen LogP contribution < -0.4 is 5.32 Å². The maximum atomic E-state index is 12.3. The Morgan fingerprint density at radius 2 is 1.75 bits per heavy atom. The Morgan fingerprint density at radius 3 is 2.19 bits per heavy atom. The molecule has 16 heavy (non-hydrogen) atoms. The van der Waals surface area contributed by atoms with Crippen LogP contribution in [0, 0.1) is 0 Å². The van der Waals surface area contributed by atoms with Crippen LogP contribution in [0.25, 0.3) is 0 Å². The van der Waals surface area contributed by atoms with E-state index in [-0.39, 0.29) is 17.9 Å². The highest BCUT2D eigenvalue weighted by Crippen LogP contribution is 2.28. The van der Waals surface area contributed by atoms with Gasteiger partial charge >= 0.3 is 0 Å². The molecule has 1 aliphatic heterocycles. The Hall–Kier alpha value is -1.06. The molecule has 0 saturated carbocycles. The highest BCUT2D eigenvalue weighted by Gasteiger charge is 2.51. The van der Waals surface area contributed by atoms with E-state index in [2.05, 4.69) is 5.32 Å². The van der Waals surface area contributed by atoms with Crippen LogP contribution >= 0.6 is 0 Å². The number of hydrogen-bond acceptors (Lipinski definition) is 2. The number of amides is 2. The van der Waals surface area contributed by atoms with Crippen LogP contribution in [-0.2, 0) is 9.59 Å². The van der Waals surface area contributed by atoms with E-state index in [1.807, 2.05) is 13.8 Å². The summed E-state index contributed by atoms with van der Waals surface area (Å²) in [7, 11) is 0. The van der Waals surface area contributed by atoms with E-state index in [9.17, 15) is 9.59 Å². The molecule has 0 radical (unpaired) electrons. The van der Waals surface area contributed by atoms with E-state index in [1.54, 1.807) is 32.6 Å². The summed E-state index contributed by atoms with van der Waals surface area (Å²) in [5, 5.41) is 2.77. The molecular weight excluding hydrogens is 204 g/mol. The summed E-state index contributed by atoms with van der Waals surface area (Å²) in [5.41, 5.74) is -1.56. The molecule has 4 heteroatoms. The van der Waals surface area contributed by atoms with Gasteiger partial charge in [0.2, 0.25) is 11.8 Å². The molecule has 1 unspecified atom stereocenters. The van der Waals surface area contributed by atoms with E-state index in [0.29, 0.717) is 0 Å². The molecular formula is C12H22N2O2. The van der Waals surface area contributed by atoms with Gasteiger partial charge in [-0.05, 0) is 41.0 Å². The van der Waals surface area contributed by atoms with Gasteiger partial charge in [0.15, 0.2) is 0 Å². The minimum absolute atomic E-state index is 0.00792. The SMILES string of the molecule is CCC(C)N1C(=O)C(C)(C)NC(=O)C1(C)C. The average molecular weight is 226 g/mol. The van der Waals surface area contributed by atoms with Crippen molar-refractivity contribution in [3.63, 3.8) is 0 Å². The lowest BCUT2D eigenvalue weighted by Gasteiger charge is -2.50. The third-order valence-corrected chi connectivity index (χ3v) is 3.37. The van der Waals surface area contributed by atoms with Crippen LogP contribution in [0.4, 0.5) is 0 Å². The van der Waals surface area contributed by atoms with Crippen LogP contribution in [0.1, 0.15) is 48.0 Å². The Balaban J connectivity index is 3.17. The van der Waals surface area contributed by atoms with Gasteiger partial charge in [0, 0.05) is 6.04 Å². The van der Waals surface area contributed by atoms with Gasteiger partial charge in [-0.3, -0.25) is 9.59 Å². The second-order valence-corrected chi connectivity index (χ2v) is 5.57. The Bertz CT molecular complexity index is 321. The summed E-state index contributed by atoms with van der Waals surface area (Å²) in [4.78, 5) is 26.0. The van der Waals surface area contributed by atoms with Gasteiger partial charge < -0.3 is 10.2 Å². The smallest absolute Gasteiger partial charge is 0.248 e. The fraction of sp³-hybridized carbons (Fsp3) is 0.833. The lowest BCUT2D eigenvalue weighted by Crippen LogP contribution is -2.73. The van der Waals surface area contributed by atoms with Crippen LogP contribution in [0.15, 0.2) is 0 Å². The molecule has 1 fully saturated rings. The molecule has 1 heterocycles. The lowest BCUT2D eigenvalue weighted by molar-refractivity contribution is -0.162. The van der Waals surface area contributed by atoms with Crippen molar-refractivity contribution in [1.82, 2.24) is 10.2 Å². The van der Waals surface area contributed by atoms with Gasteiger partial charge in [0.05, 0.1) is 0 Å². The van der Waals surface area contributed by atoms with E-state index < -0.39 is 11.1 Å². The third-order valence-electron chi connectivity index (χ3n) is 3.37. The van der Waals surface area contributed by atoms with Crippen molar-refractivity contribution in [3.8, 4) is 0 Å². The van der Waals surface area contributed by atoms with Gasteiger partial charge in [0.1, 0.15) is 11.1 Å². The van der Waals surface area contributed by atoms with E-state index >= 15 is 0 Å². The first-order valence-corrected chi connectivity index (χ1v) is 5.81. The normalized spacial score (nSPS) is 25.2. The zero-order valence-electron chi connectivity index (χ0n) is 11.0. The maximum Gasteiger partial charge on any atom is 0.248 e. The molecule has 0 aromatic rings. The topological polar surface area (TPSA) is 49.4 Å². The zero-order valence-corrected chi connectivity index (χ0v) is 11.0. The van der Waals surface area contributed by atoms with Crippen molar-refractivity contribution in [2.24, 2.45) is 0 Å². The van der Waals surface area contributed by atoms with Crippen molar-refractivity contribution < 1.29 is 9.59 Å². The number of piperazine rings is 1. The molecule has 0 aromatic carbocycles. The van der Waals surface area contributed by atoms with Crippen LogP contribution in [0.5, 0.6) is 0 Å². The van der Waals surface area contributed by atoms with Gasteiger partial charge in [0.25, 0.3) is 0 Å². The van der Waals surface area contributed by atoms with E-state index in [0.717, 1.165) is 6.42 Å². The lowest BCUT2D eigenvalue weighted by atomic mass is 9.88. The summed E-state index contributed by atoms with van der Waals surface area (Å²) in [6.07, 6.45) is 0.846. The maximum absolute atomic E-state index is 12.3. The predicted molar refractivity (Wildman–Crippen MR) is 62.9 cm³/mol. The van der Waals surface area contributed by atoms with Crippen molar-refractivity contribution in [2.45, 2.75) is 65.1 Å². The van der Waals surface area contributed by atoms with Gasteiger partial charge in [-0.2, -0.15) is 0 Å². The molecule has 1 rings (SSSR count). The standard InChI is InChI=1S/C12H22N2O2/c1-7-8(2)14-10(16)11(3,4)13-9(15)12(14,5)6/h8H,7H2,1-6H3,(H,13,15). The molecule has 4 nitrogen and oxygen atoms in total. The molecule has 0 aliphatic carbocycles. The third kappa shape index (κ3) is 1.81. The molecule has 1 atom stereocenters. The molecule has 0 spiro atoms. The van der Waals surface area contributed by atoms with Gasteiger partial charge in [-0.25, -0.2) is 0 Å². The van der Waals surface area contributed by atoms with Gasteiger partial charge in [-0.15, -0.1) is 0 Å². The largest absolute Gasteiger partial charge is 0.340 e. The summed E-state index contributed by atoms with van der Waals surface area (Å²) in [5.74, 6) is -0.0937. The van der Waals surface area contributed by atoms with Crippen molar-refractivity contribution >= 4 is 11.8 Å². The average Bonchev–Trinajstić information content (AvgIpc) is 2.14. The molecule has 0 aromatic heterocycles. The first kappa shape index (κ1) is 13.0. The van der Waals surface area contributed by atoms with Crippen molar-refractivity contribution in [3.05, 3.63) is 0 Å². The second-order valence-electron chi connectivity index (χ2n) is 5.57. The fourth-order valence-electron chi connectivity index (χ4n) is 2.09. The number of carbonyl (C=O) groups excluding carboxylic acids is 2. The Morgan fingerprint density at radius 1 is 1.25 bits per heavy atom. The summed E-state index contributed by atoms with van der Waals surface area (Å²) >= 11 is 0. The monoisotopic (exact) mass is 226 g/mol. The fourth-order valence-corrected chi connectivity index (χ4v) is 2.09. The second kappa shape index (κ2) is 3.75. The van der Waals surface area contributed by atoms with Crippen LogP contribution in [0.2, 0.25) is 0 Å². The highest BCUT2D eigenvalue weighted by molar-refractivity contribution is 6.01. The quantitative estimate of drug-likeness (QED) is 0.771. The Kier molecular flexibility index (Phi) is 3.05. The van der Waals surface area contributed by atoms with Crippen LogP contribution in [0.3, 0.4) is 0 Å². The zero-order chi connectivity index (χ0) is 12.7. The first-order chi connectivity index (χ1) is 7.14. The Labute approximate surface area is 97.4 Å². The highest BCUT2D eigenvalue weighted by atomic mass is 16.2. The molecule has 0 bridgehead atoms. The van der Waals surface area contributed by atoms with Crippen molar-refractivity contribution in [1.29, 1.82) is 0 Å². The molecule has 1 aliphatic rings. The molecule has 92 valence electrons. The number of nitrogens with zero attached hydrogens (tertiary/aromatic N) is 1. The molecule has 2 amide bonds. The van der Waals surface area contributed by atoms with E-state index in [1.165, 1.54) is 0 Å². The summed E-state index contributed by atoms with van der Waals surface area (Å²) in [6, 6.07) is 0.0767. The minimum Gasteiger partial charge on any atom is -0.340 e. The summed E-state index contributed by atoms with van der Waals surface area (Å²) < 4.78 is 0. The van der Waals surface area contributed by atoms with Crippen molar-refractivity contribution in [2.75, 3.05) is 0 Å². The minimum atomic E-state index is -0.796. The van der Waals surface area contributed by atoms with Gasteiger partial charge in [-0.1, -0.05) is 6.92 Å². The number of hydrogen-bond donors (Lipinski definition) is 1. The number of nitrogens with one attached hydrogen (secondary N) is 1. The molecule has 1 N–H and O–H groups in total. The first-order valence-electron chi connectivity index (χ1n) is 5.81. The predicted octanol–water partition coefficient (Wildman–Crippen LogP) is 1.30. The number of rotatable bonds is 2. The summed E-state index contributed by atoms with van der Waals surface area (Å²) in [6.45, 7) is 11.1. The van der Waals surface area contributed by atoms with E-state index in [4.69, 9.17) is 0 Å². The van der Waals surface area contributed by atoms with Crippen LogP contribution in [-0.4, -0.2) is 33.8 Å². The molecule has 1 saturated heterocycles.